The number of rotatable bonds is 9. The van der Waals surface area contributed by atoms with Gasteiger partial charge in [0.15, 0.2) is 17.0 Å². The molecule has 2 fully saturated rings. The molecule has 2 aromatic carbocycles. The monoisotopic (exact) mass is 650 g/mol. The Labute approximate surface area is 277 Å². The molecule has 2 N–H and O–H groups in total. The number of para-hydroxylation sites is 2. The van der Waals surface area contributed by atoms with Gasteiger partial charge in [0.1, 0.15) is 11.6 Å². The minimum Gasteiger partial charge on any atom is -0.378 e. The summed E-state index contributed by atoms with van der Waals surface area (Å²) in [7, 11) is 1.95. The number of imidazole rings is 2. The lowest BCUT2D eigenvalue weighted by Crippen LogP contribution is -2.49. The highest BCUT2D eigenvalue weighted by molar-refractivity contribution is 5.90. The van der Waals surface area contributed by atoms with E-state index in [1.54, 1.807) is 11.6 Å². The van der Waals surface area contributed by atoms with E-state index >= 15 is 0 Å². The van der Waals surface area contributed by atoms with Crippen LogP contribution in [0.2, 0.25) is 0 Å². The fourth-order valence-corrected chi connectivity index (χ4v) is 6.29. The van der Waals surface area contributed by atoms with Gasteiger partial charge in [0.2, 0.25) is 11.9 Å². The number of aryl methyl sites for hydroxylation is 2. The predicted molar refractivity (Wildman–Crippen MR) is 179 cm³/mol. The second-order valence-electron chi connectivity index (χ2n) is 12.0. The van der Waals surface area contributed by atoms with Gasteiger partial charge in [0, 0.05) is 52.3 Å². The molecule has 14 nitrogen and oxygen atoms in total. The molecule has 0 unspecified atom stereocenters. The van der Waals surface area contributed by atoms with Crippen molar-refractivity contribution in [2.24, 2.45) is 7.05 Å². The van der Waals surface area contributed by atoms with Crippen LogP contribution >= 0.6 is 0 Å². The van der Waals surface area contributed by atoms with Crippen molar-refractivity contribution in [2.75, 3.05) is 50.8 Å². The van der Waals surface area contributed by atoms with Crippen molar-refractivity contribution >= 4 is 45.9 Å². The van der Waals surface area contributed by atoms with Crippen LogP contribution in [0.25, 0.3) is 34.2 Å². The third-order valence-corrected chi connectivity index (χ3v) is 8.89. The van der Waals surface area contributed by atoms with Crippen LogP contribution in [0.15, 0.2) is 54.6 Å². The summed E-state index contributed by atoms with van der Waals surface area (Å²) in [6.07, 6.45) is 3.61. The first kappa shape index (κ1) is 31.4. The smallest absolute Gasteiger partial charge is 0.267 e. The molecule has 248 valence electrons. The Morgan fingerprint density at radius 1 is 0.958 bits per heavy atom. The quantitative estimate of drug-likeness (QED) is 0.139. The molecule has 0 radical (unpaired) electrons. The fraction of sp³-hybridized carbons (Fsp3) is 0.353. The van der Waals surface area contributed by atoms with Gasteiger partial charge in [-0.1, -0.05) is 43.3 Å². The predicted octanol–water partition coefficient (Wildman–Crippen LogP) is 2.46. The second kappa shape index (κ2) is 13.5. The molecule has 2 amide bonds. The van der Waals surface area contributed by atoms with Crippen LogP contribution < -0.4 is 10.4 Å². The highest BCUT2D eigenvalue weighted by Gasteiger charge is 2.28. The lowest BCUT2D eigenvalue weighted by Gasteiger charge is -2.34. The molecule has 0 aliphatic carbocycles. The molecule has 0 saturated carbocycles. The van der Waals surface area contributed by atoms with E-state index in [1.165, 1.54) is 6.08 Å². The molecule has 0 spiro atoms. The molecule has 2 aliphatic rings. The average Bonchev–Trinajstić information content (AvgIpc) is 3.65. The molecular formula is C34H38N10O4. The third kappa shape index (κ3) is 6.24. The van der Waals surface area contributed by atoms with Crippen LogP contribution in [0.1, 0.15) is 29.7 Å². The van der Waals surface area contributed by atoms with Gasteiger partial charge >= 0.3 is 0 Å². The maximum Gasteiger partial charge on any atom is 0.267 e. The minimum atomic E-state index is -0.585. The van der Waals surface area contributed by atoms with Crippen LogP contribution in [-0.4, -0.2) is 102 Å². The van der Waals surface area contributed by atoms with Gasteiger partial charge < -0.3 is 19.1 Å². The Bertz CT molecular complexity index is 1990. The summed E-state index contributed by atoms with van der Waals surface area (Å²) >= 11 is 0. The van der Waals surface area contributed by atoms with Crippen LogP contribution in [0, 0.1) is 0 Å². The van der Waals surface area contributed by atoms with Crippen LogP contribution in [0.3, 0.4) is 0 Å². The fourth-order valence-electron chi connectivity index (χ4n) is 6.29. The number of nitrogens with zero attached hydrogens (tertiary/aromatic N) is 9. The molecule has 5 heterocycles. The zero-order chi connectivity index (χ0) is 33.2. The zero-order valence-electron chi connectivity index (χ0n) is 27.0. The first-order valence-corrected chi connectivity index (χ1v) is 16.2. The summed E-state index contributed by atoms with van der Waals surface area (Å²) in [4.78, 5) is 50.9. The number of hydrogen-bond donors (Lipinski definition) is 2. The summed E-state index contributed by atoms with van der Waals surface area (Å²) in [5.41, 5.74) is 6.74. The third-order valence-electron chi connectivity index (χ3n) is 8.89. The number of hydroxylamine groups is 1. The molecule has 14 heteroatoms. The van der Waals surface area contributed by atoms with E-state index in [9.17, 15) is 9.59 Å². The largest absolute Gasteiger partial charge is 0.378 e. The van der Waals surface area contributed by atoms with Crippen molar-refractivity contribution in [1.29, 1.82) is 0 Å². The molecule has 2 saturated heterocycles. The Kier molecular flexibility index (Phi) is 8.84. The lowest BCUT2D eigenvalue weighted by atomic mass is 10.1. The second-order valence-corrected chi connectivity index (χ2v) is 12.0. The maximum atomic E-state index is 13.4. The van der Waals surface area contributed by atoms with E-state index in [0.717, 1.165) is 52.6 Å². The maximum absolute atomic E-state index is 13.4. The number of anilines is 1. The Balaban J connectivity index is 1.12. The summed E-state index contributed by atoms with van der Waals surface area (Å²) in [6.45, 7) is 7.31. The van der Waals surface area contributed by atoms with E-state index in [2.05, 4.69) is 16.7 Å². The van der Waals surface area contributed by atoms with Gasteiger partial charge in [-0.3, -0.25) is 24.3 Å². The lowest BCUT2D eigenvalue weighted by molar-refractivity contribution is -0.137. The van der Waals surface area contributed by atoms with E-state index in [-0.39, 0.29) is 5.91 Å². The summed E-state index contributed by atoms with van der Waals surface area (Å²) in [5.74, 6) is 2.40. The van der Waals surface area contributed by atoms with Crippen molar-refractivity contribution < 1.29 is 19.5 Å². The first-order chi connectivity index (χ1) is 23.4. The molecule has 48 heavy (non-hydrogen) atoms. The van der Waals surface area contributed by atoms with Gasteiger partial charge in [0.05, 0.1) is 37.3 Å². The van der Waals surface area contributed by atoms with Crippen molar-refractivity contribution in [3.8, 4) is 5.95 Å². The molecular weight excluding hydrogens is 612 g/mol. The van der Waals surface area contributed by atoms with Crippen LogP contribution in [-0.2, 0) is 40.9 Å². The number of fused-ring (bicyclic) bond motifs is 2. The molecule has 7 rings (SSSR count). The standard InChI is InChI=1S/C34H38N10O4/c1-3-27-35-25-6-4-5-7-26(25)44(27)34-37-32-31(33(38-34)42-16-18-48-19-17-42)36-28(40(32)2)21-43-15-14-41(22-30(43)46)20-24-10-8-23(9-11-24)12-13-29(45)39-47/h4-13,47H,3,14-22H2,1-2H3,(H,39,45)/b13-12+. The molecule has 3 aromatic heterocycles. The number of ether oxygens (including phenoxy) is 1. The number of nitrogens with one attached hydrogen (secondary N) is 1. The van der Waals surface area contributed by atoms with E-state index in [0.29, 0.717) is 69.6 Å². The van der Waals surface area contributed by atoms with Crippen molar-refractivity contribution in [3.05, 3.63) is 77.4 Å². The van der Waals surface area contributed by atoms with E-state index in [4.69, 9.17) is 29.9 Å². The summed E-state index contributed by atoms with van der Waals surface area (Å²) < 4.78 is 9.66. The van der Waals surface area contributed by atoms with Crippen LogP contribution in [0.5, 0.6) is 0 Å². The van der Waals surface area contributed by atoms with E-state index in [1.807, 2.05) is 69.6 Å². The number of morpholine rings is 1. The number of carbonyl (C=O) groups excluding carboxylic acids is 2. The summed E-state index contributed by atoms with van der Waals surface area (Å²) in [6, 6.07) is 15.8. The number of hydrogen-bond acceptors (Lipinski definition) is 10. The summed E-state index contributed by atoms with van der Waals surface area (Å²) in [5, 5.41) is 8.65. The SMILES string of the molecule is CCc1nc2ccccc2n1-c1nc(N2CCOCC2)c2nc(CN3CCN(Cc4ccc(/C=C/C(=O)NO)cc4)CC3=O)n(C)c2n1. The Morgan fingerprint density at radius 3 is 2.50 bits per heavy atom. The Morgan fingerprint density at radius 2 is 1.75 bits per heavy atom. The molecule has 0 bridgehead atoms. The number of piperazine rings is 1. The van der Waals surface area contributed by atoms with Crippen molar-refractivity contribution in [3.63, 3.8) is 0 Å². The zero-order valence-corrected chi connectivity index (χ0v) is 27.0. The van der Waals surface area contributed by atoms with Gasteiger partial charge in [-0.15, -0.1) is 0 Å². The normalized spacial score (nSPS) is 16.1. The van der Waals surface area contributed by atoms with Gasteiger partial charge in [0.25, 0.3) is 5.91 Å². The first-order valence-electron chi connectivity index (χ1n) is 16.2. The topological polar surface area (TPSA) is 147 Å². The average molecular weight is 651 g/mol. The number of aromatic nitrogens is 6. The Hall–Kier alpha value is -5.18. The molecule has 5 aromatic rings. The van der Waals surface area contributed by atoms with Gasteiger partial charge in [-0.05, 0) is 29.3 Å². The molecule has 2 aliphatic heterocycles. The van der Waals surface area contributed by atoms with Crippen molar-refractivity contribution in [1.82, 2.24) is 44.4 Å². The number of carbonyl (C=O) groups is 2. The van der Waals surface area contributed by atoms with E-state index < -0.39 is 5.91 Å². The van der Waals surface area contributed by atoms with Crippen molar-refractivity contribution in [2.45, 2.75) is 26.4 Å². The van der Waals surface area contributed by atoms with Gasteiger partial charge in [-0.25, -0.2) is 15.4 Å². The van der Waals surface area contributed by atoms with Crippen LogP contribution in [0.4, 0.5) is 5.82 Å². The van der Waals surface area contributed by atoms with Gasteiger partial charge in [-0.2, -0.15) is 9.97 Å². The highest BCUT2D eigenvalue weighted by Crippen LogP contribution is 2.29. The minimum absolute atomic E-state index is 0.0422. The number of amides is 2. The number of benzene rings is 2. The highest BCUT2D eigenvalue weighted by atomic mass is 16.5. The molecule has 0 atom stereocenters.